The minimum atomic E-state index is -4.60. The van der Waals surface area contributed by atoms with Crippen molar-refractivity contribution in [1.82, 2.24) is 19.3 Å². The molecule has 0 unspecified atom stereocenters. The number of aromatic nitrogens is 3. The number of nitrogens with zero attached hydrogens (tertiary/aromatic N) is 5. The largest absolute Gasteiger partial charge is 0.417 e. The highest BCUT2D eigenvalue weighted by molar-refractivity contribution is 5.42. The smallest absolute Gasteiger partial charge is 0.352 e. The van der Waals surface area contributed by atoms with Crippen LogP contribution in [0.15, 0.2) is 42.9 Å². The maximum atomic E-state index is 14.1. The molecule has 5 nitrogen and oxygen atoms in total. The van der Waals surface area contributed by atoms with Crippen molar-refractivity contribution in [1.29, 1.82) is 0 Å². The van der Waals surface area contributed by atoms with Gasteiger partial charge in [0, 0.05) is 51.3 Å². The zero-order valence-corrected chi connectivity index (χ0v) is 14.3. The van der Waals surface area contributed by atoms with Crippen LogP contribution in [0, 0.1) is 5.82 Å². The van der Waals surface area contributed by atoms with Crippen molar-refractivity contribution in [2.45, 2.75) is 12.7 Å². The minimum Gasteiger partial charge on any atom is -0.352 e. The number of piperazine rings is 1. The van der Waals surface area contributed by atoms with Gasteiger partial charge < -0.3 is 9.30 Å². The van der Waals surface area contributed by atoms with E-state index >= 15 is 0 Å². The Bertz CT molecular complexity index is 911. The number of rotatable bonds is 3. The molecule has 1 fully saturated rings. The summed E-state index contributed by atoms with van der Waals surface area (Å²) in [5.41, 5.74) is 0.741. The second-order valence-corrected chi connectivity index (χ2v) is 6.49. The summed E-state index contributed by atoms with van der Waals surface area (Å²) < 4.78 is 54.0. The van der Waals surface area contributed by atoms with Gasteiger partial charge in [-0.2, -0.15) is 13.2 Å². The molecular formula is C18H17F4N5. The van der Waals surface area contributed by atoms with Gasteiger partial charge >= 0.3 is 6.18 Å². The van der Waals surface area contributed by atoms with Crippen molar-refractivity contribution in [3.8, 4) is 0 Å². The van der Waals surface area contributed by atoms with E-state index in [1.54, 1.807) is 4.90 Å². The van der Waals surface area contributed by atoms with Gasteiger partial charge in [-0.25, -0.2) is 14.4 Å². The van der Waals surface area contributed by atoms with Crippen LogP contribution in [0.5, 0.6) is 0 Å². The molecule has 0 spiro atoms. The lowest BCUT2D eigenvalue weighted by Gasteiger charge is -2.35. The van der Waals surface area contributed by atoms with E-state index in [1.165, 1.54) is 0 Å². The van der Waals surface area contributed by atoms with Crippen LogP contribution in [0.2, 0.25) is 0 Å². The summed E-state index contributed by atoms with van der Waals surface area (Å²) >= 11 is 0. The summed E-state index contributed by atoms with van der Waals surface area (Å²) in [5, 5.41) is 0. The molecule has 0 atom stereocenters. The second-order valence-electron chi connectivity index (χ2n) is 6.49. The molecule has 1 aliphatic heterocycles. The fourth-order valence-electron chi connectivity index (χ4n) is 3.23. The van der Waals surface area contributed by atoms with Gasteiger partial charge in [-0.15, -0.1) is 0 Å². The summed E-state index contributed by atoms with van der Waals surface area (Å²) in [6, 6.07) is 6.30. The zero-order chi connectivity index (χ0) is 19.0. The summed E-state index contributed by atoms with van der Waals surface area (Å²) in [4.78, 5) is 12.1. The number of anilines is 1. The standard InChI is InChI=1S/C18H17F4N5/c19-15-9-13(18(20,21)22)10-23-17(15)26-7-5-25(6-8-26)11-14-12-27-4-2-1-3-16(27)24-14/h1-4,9-10,12H,5-8,11H2. The number of pyridine rings is 2. The molecule has 0 aromatic carbocycles. The number of hydrogen-bond donors (Lipinski definition) is 0. The van der Waals surface area contributed by atoms with Gasteiger partial charge in [0.05, 0.1) is 11.3 Å². The van der Waals surface area contributed by atoms with Crippen LogP contribution < -0.4 is 4.90 Å². The Balaban J connectivity index is 1.40. The molecule has 0 radical (unpaired) electrons. The molecule has 0 N–H and O–H groups in total. The predicted octanol–water partition coefficient (Wildman–Crippen LogP) is 3.21. The van der Waals surface area contributed by atoms with E-state index in [0.29, 0.717) is 45.0 Å². The summed E-state index contributed by atoms with van der Waals surface area (Å²) in [7, 11) is 0. The van der Waals surface area contributed by atoms with Crippen LogP contribution in [0.4, 0.5) is 23.4 Å². The molecular weight excluding hydrogens is 362 g/mol. The number of hydrogen-bond acceptors (Lipinski definition) is 4. The summed E-state index contributed by atoms with van der Waals surface area (Å²) in [6.07, 6.45) is -0.0117. The molecule has 27 heavy (non-hydrogen) atoms. The molecule has 4 heterocycles. The lowest BCUT2D eigenvalue weighted by atomic mass is 10.2. The number of alkyl halides is 3. The van der Waals surface area contributed by atoms with Gasteiger partial charge in [0.15, 0.2) is 11.6 Å². The van der Waals surface area contributed by atoms with E-state index in [1.807, 2.05) is 35.0 Å². The highest BCUT2D eigenvalue weighted by atomic mass is 19.4. The van der Waals surface area contributed by atoms with Crippen LogP contribution in [-0.2, 0) is 12.7 Å². The SMILES string of the molecule is Fc1cc(C(F)(F)F)cnc1N1CCN(Cc2cn3ccccc3n2)CC1. The lowest BCUT2D eigenvalue weighted by Crippen LogP contribution is -2.46. The average molecular weight is 379 g/mol. The fourth-order valence-corrected chi connectivity index (χ4v) is 3.23. The van der Waals surface area contributed by atoms with Crippen molar-refractivity contribution in [2.24, 2.45) is 0 Å². The first-order valence-electron chi connectivity index (χ1n) is 8.53. The molecule has 0 bridgehead atoms. The van der Waals surface area contributed by atoms with E-state index in [4.69, 9.17) is 0 Å². The molecule has 9 heteroatoms. The van der Waals surface area contributed by atoms with Gasteiger partial charge in [-0.05, 0) is 18.2 Å². The van der Waals surface area contributed by atoms with Crippen LogP contribution >= 0.6 is 0 Å². The molecule has 4 rings (SSSR count). The van der Waals surface area contributed by atoms with Gasteiger partial charge in [-0.3, -0.25) is 4.90 Å². The van der Waals surface area contributed by atoms with Crippen LogP contribution in [0.3, 0.4) is 0 Å². The molecule has 3 aromatic rings. The molecule has 0 amide bonds. The first-order chi connectivity index (χ1) is 12.9. The molecule has 0 saturated carbocycles. The van der Waals surface area contributed by atoms with Crippen molar-refractivity contribution >= 4 is 11.5 Å². The average Bonchev–Trinajstić information content (AvgIpc) is 3.04. The van der Waals surface area contributed by atoms with Gasteiger partial charge in [0.1, 0.15) is 5.65 Å². The van der Waals surface area contributed by atoms with Crippen LogP contribution in [-0.4, -0.2) is 45.4 Å². The topological polar surface area (TPSA) is 36.7 Å². The number of fused-ring (bicyclic) bond motifs is 1. The lowest BCUT2D eigenvalue weighted by molar-refractivity contribution is -0.138. The first-order valence-corrected chi connectivity index (χ1v) is 8.53. The Morgan fingerprint density at radius 1 is 1.07 bits per heavy atom. The maximum absolute atomic E-state index is 14.1. The summed E-state index contributed by atoms with van der Waals surface area (Å²) in [6.45, 7) is 2.94. The summed E-state index contributed by atoms with van der Waals surface area (Å²) in [5.74, 6) is -0.978. The maximum Gasteiger partial charge on any atom is 0.417 e. The third kappa shape index (κ3) is 3.73. The van der Waals surface area contributed by atoms with Crippen LogP contribution in [0.25, 0.3) is 5.65 Å². The van der Waals surface area contributed by atoms with E-state index in [9.17, 15) is 17.6 Å². The van der Waals surface area contributed by atoms with E-state index in [-0.39, 0.29) is 5.82 Å². The van der Waals surface area contributed by atoms with Gasteiger partial charge in [-0.1, -0.05) is 6.07 Å². The third-order valence-electron chi connectivity index (χ3n) is 4.62. The Morgan fingerprint density at radius 2 is 1.85 bits per heavy atom. The Labute approximate surface area is 152 Å². The molecule has 142 valence electrons. The zero-order valence-electron chi connectivity index (χ0n) is 14.3. The van der Waals surface area contributed by atoms with Crippen molar-refractivity contribution in [3.05, 3.63) is 59.9 Å². The van der Waals surface area contributed by atoms with Crippen LogP contribution in [0.1, 0.15) is 11.3 Å². The Morgan fingerprint density at radius 3 is 2.52 bits per heavy atom. The van der Waals surface area contributed by atoms with E-state index in [2.05, 4.69) is 14.9 Å². The predicted molar refractivity (Wildman–Crippen MR) is 91.9 cm³/mol. The normalized spacial score (nSPS) is 16.2. The molecule has 3 aromatic heterocycles. The number of imidazole rings is 1. The Kier molecular flexibility index (Phi) is 4.47. The van der Waals surface area contributed by atoms with E-state index < -0.39 is 17.6 Å². The molecule has 0 aliphatic carbocycles. The fraction of sp³-hybridized carbons (Fsp3) is 0.333. The number of halogens is 4. The Hall–Kier alpha value is -2.68. The van der Waals surface area contributed by atoms with Gasteiger partial charge in [0.25, 0.3) is 0 Å². The third-order valence-corrected chi connectivity index (χ3v) is 4.62. The van der Waals surface area contributed by atoms with Gasteiger partial charge in [0.2, 0.25) is 0 Å². The highest BCUT2D eigenvalue weighted by Crippen LogP contribution is 2.31. The molecule has 1 aliphatic rings. The second kappa shape index (κ2) is 6.80. The first kappa shape index (κ1) is 17.7. The highest BCUT2D eigenvalue weighted by Gasteiger charge is 2.32. The minimum absolute atomic E-state index is 0.0321. The van der Waals surface area contributed by atoms with Crippen molar-refractivity contribution in [3.63, 3.8) is 0 Å². The van der Waals surface area contributed by atoms with Crippen molar-refractivity contribution in [2.75, 3.05) is 31.1 Å². The molecule has 1 saturated heterocycles. The van der Waals surface area contributed by atoms with E-state index in [0.717, 1.165) is 11.3 Å². The monoisotopic (exact) mass is 379 g/mol. The van der Waals surface area contributed by atoms with Crippen molar-refractivity contribution < 1.29 is 17.6 Å². The quantitative estimate of drug-likeness (QED) is 0.655.